The average Bonchev–Trinajstić information content (AvgIpc) is 2.74. The van der Waals surface area contributed by atoms with E-state index in [1.54, 1.807) is 0 Å². The maximum Gasteiger partial charge on any atom is 0.224 e. The van der Waals surface area contributed by atoms with Crippen LogP contribution in [0, 0.1) is 0 Å². The zero-order valence-corrected chi connectivity index (χ0v) is 17.8. The number of halogens is 1. The van der Waals surface area contributed by atoms with Crippen molar-refractivity contribution in [3.8, 4) is 5.75 Å². The Hall–Kier alpha value is -2.24. The van der Waals surface area contributed by atoms with Gasteiger partial charge in [-0.3, -0.25) is 9.69 Å². The Morgan fingerprint density at radius 3 is 2.38 bits per heavy atom. The van der Waals surface area contributed by atoms with Crippen molar-refractivity contribution in [2.75, 3.05) is 50.8 Å². The number of carbonyl (C=O) groups excluding carboxylic acids is 1. The molecule has 1 saturated heterocycles. The molecule has 5 nitrogen and oxygen atoms in total. The number of benzene rings is 2. The minimum absolute atomic E-state index is 0.0710. The van der Waals surface area contributed by atoms with Gasteiger partial charge in [-0.05, 0) is 61.9 Å². The summed E-state index contributed by atoms with van der Waals surface area (Å²) in [6.07, 6.45) is 1.38. The Kier molecular flexibility index (Phi) is 8.20. The molecule has 156 valence electrons. The van der Waals surface area contributed by atoms with Gasteiger partial charge >= 0.3 is 0 Å². The third kappa shape index (κ3) is 6.94. The molecule has 0 bridgehead atoms. The summed E-state index contributed by atoms with van der Waals surface area (Å²) in [4.78, 5) is 17.0. The van der Waals surface area contributed by atoms with Gasteiger partial charge in [0.25, 0.3) is 0 Å². The highest BCUT2D eigenvalue weighted by molar-refractivity contribution is 6.30. The number of nitrogens with one attached hydrogen (secondary N) is 1. The molecule has 1 heterocycles. The van der Waals surface area contributed by atoms with Gasteiger partial charge in [0, 0.05) is 43.4 Å². The van der Waals surface area contributed by atoms with Crippen molar-refractivity contribution >= 4 is 23.2 Å². The molecule has 2 aromatic rings. The second-order valence-corrected chi connectivity index (χ2v) is 7.70. The number of ether oxygens (including phenoxy) is 1. The lowest BCUT2D eigenvalue weighted by molar-refractivity contribution is -0.120. The van der Waals surface area contributed by atoms with E-state index in [-0.39, 0.29) is 5.91 Å². The summed E-state index contributed by atoms with van der Waals surface area (Å²) < 4.78 is 5.43. The minimum atomic E-state index is 0.0710. The average molecular weight is 416 g/mol. The van der Waals surface area contributed by atoms with Crippen LogP contribution in [0.15, 0.2) is 48.5 Å². The first-order valence-electron chi connectivity index (χ1n) is 10.4. The molecule has 0 unspecified atom stereocenters. The summed E-state index contributed by atoms with van der Waals surface area (Å²) in [5, 5.41) is 3.81. The zero-order chi connectivity index (χ0) is 20.5. The number of hydrogen-bond donors (Lipinski definition) is 1. The fraction of sp³-hybridized carbons (Fsp3) is 0.435. The van der Waals surface area contributed by atoms with Crippen LogP contribution in [0.25, 0.3) is 0 Å². The second kappa shape index (κ2) is 11.1. The number of carbonyl (C=O) groups is 1. The molecule has 1 aliphatic rings. The van der Waals surface area contributed by atoms with E-state index in [0.29, 0.717) is 19.6 Å². The minimum Gasteiger partial charge on any atom is -0.494 e. The van der Waals surface area contributed by atoms with Crippen LogP contribution < -0.4 is 15.0 Å². The smallest absolute Gasteiger partial charge is 0.224 e. The van der Waals surface area contributed by atoms with Crippen LogP contribution in [0.5, 0.6) is 5.75 Å². The van der Waals surface area contributed by atoms with E-state index in [9.17, 15) is 4.79 Å². The molecule has 1 N–H and O–H groups in total. The van der Waals surface area contributed by atoms with Gasteiger partial charge in [-0.2, -0.15) is 0 Å². The van der Waals surface area contributed by atoms with Gasteiger partial charge in [-0.15, -0.1) is 0 Å². The van der Waals surface area contributed by atoms with Crippen molar-refractivity contribution < 1.29 is 9.53 Å². The largest absolute Gasteiger partial charge is 0.494 e. The van der Waals surface area contributed by atoms with E-state index >= 15 is 0 Å². The summed E-state index contributed by atoms with van der Waals surface area (Å²) in [6.45, 7) is 8.46. The Morgan fingerprint density at radius 1 is 1.03 bits per heavy atom. The van der Waals surface area contributed by atoms with Gasteiger partial charge in [0.15, 0.2) is 0 Å². The van der Waals surface area contributed by atoms with E-state index in [1.807, 2.05) is 43.3 Å². The van der Waals surface area contributed by atoms with Gasteiger partial charge in [-0.1, -0.05) is 23.7 Å². The number of amides is 1. The van der Waals surface area contributed by atoms with Crippen LogP contribution in [0.2, 0.25) is 5.02 Å². The fourth-order valence-corrected chi connectivity index (χ4v) is 3.66. The van der Waals surface area contributed by atoms with Crippen LogP contribution in [0.4, 0.5) is 5.69 Å². The summed E-state index contributed by atoms with van der Waals surface area (Å²) in [6, 6.07) is 15.8. The lowest BCUT2D eigenvalue weighted by Crippen LogP contribution is -2.47. The quantitative estimate of drug-likeness (QED) is 0.635. The van der Waals surface area contributed by atoms with E-state index in [2.05, 4.69) is 27.2 Å². The molecule has 1 fully saturated rings. The highest BCUT2D eigenvalue weighted by Gasteiger charge is 2.16. The predicted octanol–water partition coefficient (Wildman–Crippen LogP) is 3.61. The van der Waals surface area contributed by atoms with Gasteiger partial charge in [-0.25, -0.2) is 0 Å². The van der Waals surface area contributed by atoms with E-state index in [4.69, 9.17) is 16.3 Å². The molecular weight excluding hydrogens is 386 g/mol. The van der Waals surface area contributed by atoms with Crippen molar-refractivity contribution in [1.29, 1.82) is 0 Å². The van der Waals surface area contributed by atoms with E-state index in [1.165, 1.54) is 5.69 Å². The molecule has 0 aromatic heterocycles. The molecule has 6 heteroatoms. The highest BCUT2D eigenvalue weighted by Crippen LogP contribution is 2.19. The summed E-state index contributed by atoms with van der Waals surface area (Å²) >= 11 is 5.97. The molecule has 29 heavy (non-hydrogen) atoms. The first-order valence-corrected chi connectivity index (χ1v) is 10.7. The van der Waals surface area contributed by atoms with Crippen LogP contribution in [-0.2, 0) is 11.2 Å². The lowest BCUT2D eigenvalue weighted by atomic mass is 10.1. The van der Waals surface area contributed by atoms with Crippen LogP contribution in [-0.4, -0.2) is 56.7 Å². The van der Waals surface area contributed by atoms with E-state index in [0.717, 1.165) is 55.5 Å². The van der Waals surface area contributed by atoms with Crippen molar-refractivity contribution in [1.82, 2.24) is 10.2 Å². The highest BCUT2D eigenvalue weighted by atomic mass is 35.5. The molecule has 1 aliphatic heterocycles. The number of anilines is 1. The summed E-state index contributed by atoms with van der Waals surface area (Å²) in [5.74, 6) is 0.912. The first kappa shape index (κ1) is 21.5. The fourth-order valence-electron chi connectivity index (χ4n) is 3.53. The Bertz CT molecular complexity index is 757. The third-order valence-electron chi connectivity index (χ3n) is 5.14. The lowest BCUT2D eigenvalue weighted by Gasteiger charge is -2.36. The maximum absolute atomic E-state index is 12.1. The SMILES string of the molecule is CCOc1ccc(CC(=O)NCCCN2CCN(c3ccc(Cl)cc3)CC2)cc1. The Balaban J connectivity index is 1.29. The number of hydrogen-bond acceptors (Lipinski definition) is 4. The Morgan fingerprint density at radius 2 is 1.72 bits per heavy atom. The van der Waals surface area contributed by atoms with Crippen molar-refractivity contribution in [2.45, 2.75) is 19.8 Å². The normalized spacial score (nSPS) is 14.6. The van der Waals surface area contributed by atoms with Gasteiger partial charge < -0.3 is 15.0 Å². The topological polar surface area (TPSA) is 44.8 Å². The first-order chi connectivity index (χ1) is 14.1. The molecular formula is C23H30ClN3O2. The van der Waals surface area contributed by atoms with Gasteiger partial charge in [0.2, 0.25) is 5.91 Å². The van der Waals surface area contributed by atoms with Crippen LogP contribution >= 0.6 is 11.6 Å². The molecule has 0 spiro atoms. The third-order valence-corrected chi connectivity index (χ3v) is 5.39. The van der Waals surface area contributed by atoms with Gasteiger partial charge in [0.1, 0.15) is 5.75 Å². The van der Waals surface area contributed by atoms with Crippen molar-refractivity contribution in [2.24, 2.45) is 0 Å². The van der Waals surface area contributed by atoms with Crippen molar-refractivity contribution in [3.05, 3.63) is 59.1 Å². The zero-order valence-electron chi connectivity index (χ0n) is 17.1. The molecule has 1 amide bonds. The number of piperazine rings is 1. The predicted molar refractivity (Wildman–Crippen MR) is 119 cm³/mol. The number of rotatable bonds is 9. The number of nitrogens with zero attached hydrogens (tertiary/aromatic N) is 2. The molecule has 0 aliphatic carbocycles. The Labute approximate surface area is 178 Å². The summed E-state index contributed by atoms with van der Waals surface area (Å²) in [5.41, 5.74) is 2.24. The van der Waals surface area contributed by atoms with E-state index < -0.39 is 0 Å². The molecule has 0 saturated carbocycles. The van der Waals surface area contributed by atoms with Crippen LogP contribution in [0.3, 0.4) is 0 Å². The maximum atomic E-state index is 12.1. The molecule has 2 aromatic carbocycles. The standard InChI is InChI=1S/C23H30ClN3O2/c1-2-29-22-10-4-19(5-11-22)18-23(28)25-12-3-13-26-14-16-27(17-15-26)21-8-6-20(24)7-9-21/h4-11H,2-3,12-18H2,1H3,(H,25,28). The van der Waals surface area contributed by atoms with Gasteiger partial charge in [0.05, 0.1) is 13.0 Å². The molecule has 0 atom stereocenters. The molecule has 0 radical (unpaired) electrons. The second-order valence-electron chi connectivity index (χ2n) is 7.26. The monoisotopic (exact) mass is 415 g/mol. The van der Waals surface area contributed by atoms with Crippen LogP contribution in [0.1, 0.15) is 18.9 Å². The van der Waals surface area contributed by atoms with Crippen molar-refractivity contribution in [3.63, 3.8) is 0 Å². The summed E-state index contributed by atoms with van der Waals surface area (Å²) in [7, 11) is 0. The molecule has 3 rings (SSSR count).